The highest BCUT2D eigenvalue weighted by atomic mass is 32.2. The molecule has 0 bridgehead atoms. The molecular formula is C8H15NO2S. The van der Waals surface area contributed by atoms with Gasteiger partial charge in [-0.1, -0.05) is 0 Å². The molecule has 3 nitrogen and oxygen atoms in total. The number of carbonyl (C=O) groups excluding carboxylic acids is 1. The van der Waals surface area contributed by atoms with E-state index in [0.29, 0.717) is 13.0 Å². The summed E-state index contributed by atoms with van der Waals surface area (Å²) in [4.78, 5) is 11.0. The summed E-state index contributed by atoms with van der Waals surface area (Å²) >= 11 is 1.87. The molecule has 1 fully saturated rings. The van der Waals surface area contributed by atoms with E-state index in [1.807, 2.05) is 11.8 Å². The molecule has 1 aliphatic heterocycles. The molecule has 70 valence electrons. The quantitative estimate of drug-likeness (QED) is 0.662. The van der Waals surface area contributed by atoms with Crippen molar-refractivity contribution < 1.29 is 9.53 Å². The number of esters is 1. The lowest BCUT2D eigenvalue weighted by atomic mass is 9.84. The van der Waals surface area contributed by atoms with Gasteiger partial charge >= 0.3 is 5.97 Å². The third kappa shape index (κ3) is 2.14. The predicted molar refractivity (Wildman–Crippen MR) is 50.1 cm³/mol. The maximum absolute atomic E-state index is 11.0. The van der Waals surface area contributed by atoms with Gasteiger partial charge in [-0.05, 0) is 18.7 Å². The first-order valence-electron chi connectivity index (χ1n) is 4.07. The van der Waals surface area contributed by atoms with Crippen molar-refractivity contribution in [1.29, 1.82) is 0 Å². The molecule has 0 aromatic heterocycles. The summed E-state index contributed by atoms with van der Waals surface area (Å²) in [5, 5.41) is 0. The lowest BCUT2D eigenvalue weighted by molar-refractivity contribution is -0.142. The Morgan fingerprint density at radius 1 is 1.75 bits per heavy atom. The summed E-state index contributed by atoms with van der Waals surface area (Å²) in [7, 11) is 1.43. The molecule has 0 spiro atoms. The van der Waals surface area contributed by atoms with Gasteiger partial charge in [-0.25, -0.2) is 0 Å². The number of thioether (sulfide) groups is 1. The van der Waals surface area contributed by atoms with E-state index in [2.05, 4.69) is 4.74 Å². The fraction of sp³-hybridized carbons (Fsp3) is 0.875. The molecule has 1 saturated heterocycles. The van der Waals surface area contributed by atoms with Crippen molar-refractivity contribution in [3.05, 3.63) is 0 Å². The lowest BCUT2D eigenvalue weighted by Crippen LogP contribution is -2.33. The van der Waals surface area contributed by atoms with Crippen molar-refractivity contribution in [3.63, 3.8) is 0 Å². The molecule has 0 aromatic carbocycles. The topological polar surface area (TPSA) is 52.3 Å². The Kier molecular flexibility index (Phi) is 3.40. The van der Waals surface area contributed by atoms with Gasteiger partial charge in [0.1, 0.15) is 0 Å². The monoisotopic (exact) mass is 189 g/mol. The predicted octanol–water partition coefficient (Wildman–Crippen LogP) is 0.631. The summed E-state index contributed by atoms with van der Waals surface area (Å²) < 4.78 is 4.64. The molecule has 0 saturated carbocycles. The number of ether oxygens (including phenoxy) is 1. The smallest absolute Gasteiger partial charge is 0.306 e. The first kappa shape index (κ1) is 9.86. The molecule has 2 N–H and O–H groups in total. The zero-order valence-corrected chi connectivity index (χ0v) is 8.15. The Morgan fingerprint density at radius 3 is 2.92 bits per heavy atom. The van der Waals surface area contributed by atoms with Crippen LogP contribution in [0.4, 0.5) is 0 Å². The summed E-state index contributed by atoms with van der Waals surface area (Å²) in [5.74, 6) is 1.98. The highest BCUT2D eigenvalue weighted by Gasteiger charge is 2.35. The minimum Gasteiger partial charge on any atom is -0.469 e. The van der Waals surface area contributed by atoms with E-state index < -0.39 is 0 Å². The van der Waals surface area contributed by atoms with Gasteiger partial charge in [0.25, 0.3) is 0 Å². The minimum absolute atomic E-state index is 0.0256. The van der Waals surface area contributed by atoms with E-state index in [9.17, 15) is 4.79 Å². The molecule has 0 aromatic rings. The largest absolute Gasteiger partial charge is 0.469 e. The van der Waals surface area contributed by atoms with Crippen molar-refractivity contribution >= 4 is 17.7 Å². The van der Waals surface area contributed by atoms with Crippen LogP contribution < -0.4 is 5.73 Å². The van der Waals surface area contributed by atoms with Gasteiger partial charge in [0, 0.05) is 11.2 Å². The number of nitrogens with two attached hydrogens (primary N) is 1. The van der Waals surface area contributed by atoms with E-state index in [0.717, 1.165) is 17.9 Å². The summed E-state index contributed by atoms with van der Waals surface area (Å²) in [6.07, 6.45) is 1.52. The second-order valence-electron chi connectivity index (χ2n) is 3.26. The minimum atomic E-state index is -0.136. The molecule has 1 heterocycles. The molecule has 1 rings (SSSR count). The number of rotatable bonds is 3. The standard InChI is InChI=1S/C8H15NO2S/c1-11-7(10)4-8(5-9)2-3-12-6-8/h2-6,9H2,1H3. The van der Waals surface area contributed by atoms with Crippen LogP contribution in [-0.4, -0.2) is 31.1 Å². The van der Waals surface area contributed by atoms with Gasteiger partial charge < -0.3 is 10.5 Å². The van der Waals surface area contributed by atoms with Crippen LogP contribution in [0.2, 0.25) is 0 Å². The average Bonchev–Trinajstić information content (AvgIpc) is 2.54. The maximum Gasteiger partial charge on any atom is 0.306 e. The number of hydrogen-bond acceptors (Lipinski definition) is 4. The van der Waals surface area contributed by atoms with Gasteiger partial charge in [0.15, 0.2) is 0 Å². The fourth-order valence-corrected chi connectivity index (χ4v) is 2.92. The van der Waals surface area contributed by atoms with Crippen molar-refractivity contribution in [2.75, 3.05) is 25.2 Å². The van der Waals surface area contributed by atoms with Crippen LogP contribution in [-0.2, 0) is 9.53 Å². The van der Waals surface area contributed by atoms with E-state index in [-0.39, 0.29) is 11.4 Å². The number of hydrogen-bond donors (Lipinski definition) is 1. The molecule has 0 radical (unpaired) electrons. The molecule has 4 heteroatoms. The summed E-state index contributed by atoms with van der Waals surface area (Å²) in [6, 6.07) is 0. The number of methoxy groups -OCH3 is 1. The Balaban J connectivity index is 2.49. The molecule has 0 aliphatic carbocycles. The molecule has 1 unspecified atom stereocenters. The molecule has 0 amide bonds. The van der Waals surface area contributed by atoms with Crippen LogP contribution in [0, 0.1) is 5.41 Å². The van der Waals surface area contributed by atoms with Gasteiger partial charge in [0.05, 0.1) is 13.5 Å². The van der Waals surface area contributed by atoms with E-state index in [1.165, 1.54) is 7.11 Å². The van der Waals surface area contributed by atoms with Crippen LogP contribution >= 0.6 is 11.8 Å². The van der Waals surface area contributed by atoms with Gasteiger partial charge in [0.2, 0.25) is 0 Å². The Morgan fingerprint density at radius 2 is 2.50 bits per heavy atom. The zero-order chi connectivity index (χ0) is 9.03. The van der Waals surface area contributed by atoms with E-state index in [1.54, 1.807) is 0 Å². The Bertz CT molecular complexity index is 166. The second-order valence-corrected chi connectivity index (χ2v) is 4.36. The molecule has 1 aliphatic rings. The molecule has 1 atom stereocenters. The van der Waals surface area contributed by atoms with Crippen molar-refractivity contribution in [1.82, 2.24) is 0 Å². The van der Waals surface area contributed by atoms with Crippen LogP contribution in [0.5, 0.6) is 0 Å². The zero-order valence-electron chi connectivity index (χ0n) is 7.34. The van der Waals surface area contributed by atoms with E-state index >= 15 is 0 Å². The van der Waals surface area contributed by atoms with Crippen molar-refractivity contribution in [3.8, 4) is 0 Å². The third-order valence-corrected chi connectivity index (χ3v) is 3.67. The van der Waals surface area contributed by atoms with Gasteiger partial charge in [-0.3, -0.25) is 4.79 Å². The van der Waals surface area contributed by atoms with Gasteiger partial charge in [-0.2, -0.15) is 11.8 Å². The summed E-state index contributed by atoms with van der Waals surface area (Å²) in [6.45, 7) is 0.592. The van der Waals surface area contributed by atoms with Crippen LogP contribution in [0.1, 0.15) is 12.8 Å². The van der Waals surface area contributed by atoms with E-state index in [4.69, 9.17) is 5.73 Å². The molecule has 12 heavy (non-hydrogen) atoms. The first-order valence-corrected chi connectivity index (χ1v) is 5.22. The Hall–Kier alpha value is -0.220. The highest BCUT2D eigenvalue weighted by Crippen LogP contribution is 2.38. The highest BCUT2D eigenvalue weighted by molar-refractivity contribution is 7.99. The summed E-state index contributed by atoms with van der Waals surface area (Å²) in [5.41, 5.74) is 5.68. The van der Waals surface area contributed by atoms with Gasteiger partial charge in [-0.15, -0.1) is 0 Å². The second kappa shape index (κ2) is 4.14. The molecular weight excluding hydrogens is 174 g/mol. The van der Waals surface area contributed by atoms with Crippen LogP contribution in [0.25, 0.3) is 0 Å². The maximum atomic E-state index is 11.0. The van der Waals surface area contributed by atoms with Crippen LogP contribution in [0.15, 0.2) is 0 Å². The normalized spacial score (nSPS) is 28.8. The van der Waals surface area contributed by atoms with Crippen LogP contribution in [0.3, 0.4) is 0 Å². The Labute approximate surface area is 77.0 Å². The number of carbonyl (C=O) groups is 1. The third-order valence-electron chi connectivity index (χ3n) is 2.36. The van der Waals surface area contributed by atoms with Crippen molar-refractivity contribution in [2.45, 2.75) is 12.8 Å². The lowest BCUT2D eigenvalue weighted by Gasteiger charge is -2.24. The fourth-order valence-electron chi connectivity index (χ4n) is 1.40. The first-order chi connectivity index (χ1) is 5.72. The SMILES string of the molecule is COC(=O)CC1(CN)CCSC1. The average molecular weight is 189 g/mol. The van der Waals surface area contributed by atoms with Crippen molar-refractivity contribution in [2.24, 2.45) is 11.1 Å².